The first-order valence-corrected chi connectivity index (χ1v) is 6.41. The third-order valence-electron chi connectivity index (χ3n) is 2.82. The Labute approximate surface area is 121 Å². The Balaban J connectivity index is 1.86. The van der Waals surface area contributed by atoms with Gasteiger partial charge in [-0.05, 0) is 12.1 Å². The van der Waals surface area contributed by atoms with Crippen molar-refractivity contribution < 1.29 is 9.15 Å². The first-order valence-electron chi connectivity index (χ1n) is 6.41. The number of nitrogens with one attached hydrogen (secondary N) is 1. The van der Waals surface area contributed by atoms with Crippen LogP contribution < -0.4 is 16.0 Å². The fourth-order valence-electron chi connectivity index (χ4n) is 1.83. The molecule has 0 aliphatic heterocycles. The molecule has 0 aliphatic carbocycles. The van der Waals surface area contributed by atoms with Crippen LogP contribution in [0, 0.1) is 0 Å². The van der Waals surface area contributed by atoms with Crippen LogP contribution in [0.2, 0.25) is 0 Å². The lowest BCUT2D eigenvalue weighted by atomic mass is 10.2. The Morgan fingerprint density at radius 1 is 1.10 bits per heavy atom. The highest BCUT2D eigenvalue weighted by atomic mass is 16.5. The molecular formula is C15H14N4O2. The summed E-state index contributed by atoms with van der Waals surface area (Å²) in [5.41, 5.74) is 3.40. The zero-order chi connectivity index (χ0) is 14.5. The lowest BCUT2D eigenvalue weighted by molar-refractivity contribution is 0.260. The summed E-state index contributed by atoms with van der Waals surface area (Å²) in [6, 6.07) is 14.9. The molecule has 3 N–H and O–H groups in total. The molecule has 0 atom stereocenters. The van der Waals surface area contributed by atoms with Crippen LogP contribution in [0.4, 0.5) is 5.82 Å². The third-order valence-corrected chi connectivity index (χ3v) is 2.82. The van der Waals surface area contributed by atoms with E-state index in [1.807, 2.05) is 36.4 Å². The Bertz CT molecular complexity index is 699. The van der Waals surface area contributed by atoms with Crippen molar-refractivity contribution in [1.29, 1.82) is 0 Å². The first kappa shape index (κ1) is 13.1. The van der Waals surface area contributed by atoms with Crippen molar-refractivity contribution in [3.05, 3.63) is 60.6 Å². The molecule has 21 heavy (non-hydrogen) atoms. The molecule has 2 heterocycles. The number of benzene rings is 1. The molecule has 0 amide bonds. The van der Waals surface area contributed by atoms with Gasteiger partial charge in [-0.25, -0.2) is 10.8 Å². The molecule has 0 radical (unpaired) electrons. The number of hydrogen-bond donors (Lipinski definition) is 2. The maximum atomic E-state index is 5.61. The number of anilines is 1. The van der Waals surface area contributed by atoms with E-state index in [4.69, 9.17) is 15.0 Å². The summed E-state index contributed by atoms with van der Waals surface area (Å²) in [4.78, 5) is 8.70. The quantitative estimate of drug-likeness (QED) is 0.552. The highest BCUT2D eigenvalue weighted by molar-refractivity contribution is 5.57. The fraction of sp³-hybridized carbons (Fsp3) is 0.0667. The molecule has 0 fully saturated rings. The lowest BCUT2D eigenvalue weighted by Gasteiger charge is -2.08. The van der Waals surface area contributed by atoms with E-state index in [0.717, 1.165) is 11.3 Å². The van der Waals surface area contributed by atoms with Crippen LogP contribution in [-0.4, -0.2) is 9.97 Å². The molecule has 0 bridgehead atoms. The van der Waals surface area contributed by atoms with Crippen LogP contribution in [0.15, 0.2) is 59.2 Å². The molecule has 0 saturated heterocycles. The molecule has 3 aromatic rings. The largest absolute Gasteiger partial charge is 0.469 e. The third kappa shape index (κ3) is 3.18. The second-order valence-electron chi connectivity index (χ2n) is 4.29. The van der Waals surface area contributed by atoms with Crippen molar-refractivity contribution in [2.24, 2.45) is 5.84 Å². The van der Waals surface area contributed by atoms with E-state index in [-0.39, 0.29) is 0 Å². The van der Waals surface area contributed by atoms with Crippen LogP contribution >= 0.6 is 0 Å². The van der Waals surface area contributed by atoms with Gasteiger partial charge in [0, 0.05) is 11.6 Å². The van der Waals surface area contributed by atoms with Gasteiger partial charge in [0.05, 0.1) is 6.26 Å². The SMILES string of the molecule is NNc1cc(OCc2ccco2)nc(-c2ccccc2)n1. The predicted molar refractivity (Wildman–Crippen MR) is 78.3 cm³/mol. The van der Waals surface area contributed by atoms with Gasteiger partial charge in [-0.2, -0.15) is 4.98 Å². The molecule has 0 saturated carbocycles. The minimum atomic E-state index is 0.294. The molecule has 0 aliphatic rings. The fourth-order valence-corrected chi connectivity index (χ4v) is 1.83. The normalized spacial score (nSPS) is 10.3. The van der Waals surface area contributed by atoms with Gasteiger partial charge in [-0.15, -0.1) is 0 Å². The number of rotatable bonds is 5. The maximum absolute atomic E-state index is 5.61. The molecule has 0 unspecified atom stereocenters. The van der Waals surface area contributed by atoms with Gasteiger partial charge in [0.1, 0.15) is 18.2 Å². The van der Waals surface area contributed by atoms with Gasteiger partial charge in [-0.3, -0.25) is 0 Å². The summed E-state index contributed by atoms with van der Waals surface area (Å²) in [5.74, 6) is 7.61. The van der Waals surface area contributed by atoms with Gasteiger partial charge in [0.25, 0.3) is 0 Å². The van der Waals surface area contributed by atoms with Gasteiger partial charge in [-0.1, -0.05) is 30.3 Å². The maximum Gasteiger partial charge on any atom is 0.219 e. The summed E-state index contributed by atoms with van der Waals surface area (Å²) in [7, 11) is 0. The number of ether oxygens (including phenoxy) is 1. The monoisotopic (exact) mass is 282 g/mol. The number of hydrazine groups is 1. The van der Waals surface area contributed by atoms with Gasteiger partial charge in [0.2, 0.25) is 5.88 Å². The number of hydrogen-bond acceptors (Lipinski definition) is 6. The van der Waals surface area contributed by atoms with E-state index in [2.05, 4.69) is 15.4 Å². The highest BCUT2D eigenvalue weighted by Crippen LogP contribution is 2.21. The second-order valence-corrected chi connectivity index (χ2v) is 4.29. The minimum absolute atomic E-state index is 0.294. The van der Waals surface area contributed by atoms with Gasteiger partial charge < -0.3 is 14.6 Å². The minimum Gasteiger partial charge on any atom is -0.469 e. The molecule has 6 nitrogen and oxygen atoms in total. The molecule has 0 spiro atoms. The van der Waals surface area contributed by atoms with Crippen molar-refractivity contribution in [2.45, 2.75) is 6.61 Å². The topological polar surface area (TPSA) is 86.2 Å². The highest BCUT2D eigenvalue weighted by Gasteiger charge is 2.08. The molecular weight excluding hydrogens is 268 g/mol. The average Bonchev–Trinajstić information content (AvgIpc) is 3.07. The van der Waals surface area contributed by atoms with E-state index >= 15 is 0 Å². The molecule has 6 heteroatoms. The number of nitrogen functional groups attached to an aromatic ring is 1. The summed E-state index contributed by atoms with van der Waals surface area (Å²) in [5, 5.41) is 0. The zero-order valence-corrected chi connectivity index (χ0v) is 11.2. The first-order chi connectivity index (χ1) is 10.3. The Kier molecular flexibility index (Phi) is 3.79. The summed E-state index contributed by atoms with van der Waals surface area (Å²) in [6.45, 7) is 0.294. The molecule has 1 aromatic carbocycles. The number of furan rings is 1. The standard InChI is InChI=1S/C15H14N4O2/c16-19-13-9-14(21-10-12-7-4-8-20-12)18-15(17-13)11-5-2-1-3-6-11/h1-9H,10,16H2,(H,17,18,19). The van der Waals surface area contributed by atoms with Crippen LogP contribution in [0.25, 0.3) is 11.4 Å². The Morgan fingerprint density at radius 2 is 1.95 bits per heavy atom. The number of aromatic nitrogens is 2. The lowest BCUT2D eigenvalue weighted by Crippen LogP contribution is -2.10. The molecule has 2 aromatic heterocycles. The van der Waals surface area contributed by atoms with Crippen molar-refractivity contribution in [1.82, 2.24) is 9.97 Å². The van der Waals surface area contributed by atoms with Crippen LogP contribution in [0.3, 0.4) is 0 Å². The van der Waals surface area contributed by atoms with Gasteiger partial charge >= 0.3 is 0 Å². The van der Waals surface area contributed by atoms with Gasteiger partial charge in [0.15, 0.2) is 5.82 Å². The number of nitrogens with two attached hydrogens (primary N) is 1. The average molecular weight is 282 g/mol. The summed E-state index contributed by atoms with van der Waals surface area (Å²) in [6.07, 6.45) is 1.60. The second kappa shape index (κ2) is 6.06. The van der Waals surface area contributed by atoms with Crippen molar-refractivity contribution in [3.8, 4) is 17.3 Å². The van der Waals surface area contributed by atoms with Crippen LogP contribution in [-0.2, 0) is 6.61 Å². The van der Waals surface area contributed by atoms with E-state index in [9.17, 15) is 0 Å². The van der Waals surface area contributed by atoms with E-state index < -0.39 is 0 Å². The van der Waals surface area contributed by atoms with Crippen molar-refractivity contribution in [2.75, 3.05) is 5.43 Å². The number of nitrogens with zero attached hydrogens (tertiary/aromatic N) is 2. The Morgan fingerprint density at radius 3 is 2.67 bits per heavy atom. The van der Waals surface area contributed by atoms with E-state index in [1.165, 1.54) is 0 Å². The Hall–Kier alpha value is -2.86. The van der Waals surface area contributed by atoms with E-state index in [1.54, 1.807) is 18.4 Å². The van der Waals surface area contributed by atoms with Crippen LogP contribution in [0.5, 0.6) is 5.88 Å². The van der Waals surface area contributed by atoms with Crippen LogP contribution in [0.1, 0.15) is 5.76 Å². The van der Waals surface area contributed by atoms with E-state index in [0.29, 0.717) is 24.1 Å². The molecule has 106 valence electrons. The molecule has 3 rings (SSSR count). The summed E-state index contributed by atoms with van der Waals surface area (Å²) >= 11 is 0. The summed E-state index contributed by atoms with van der Waals surface area (Å²) < 4.78 is 10.8. The predicted octanol–water partition coefficient (Wildman–Crippen LogP) is 2.60. The smallest absolute Gasteiger partial charge is 0.219 e. The van der Waals surface area contributed by atoms with Crippen molar-refractivity contribution >= 4 is 5.82 Å². The zero-order valence-electron chi connectivity index (χ0n) is 11.2. The van der Waals surface area contributed by atoms with Crippen molar-refractivity contribution in [3.63, 3.8) is 0 Å².